The quantitative estimate of drug-likeness (QED) is 0.645. The highest BCUT2D eigenvalue weighted by molar-refractivity contribution is 7.80. The summed E-state index contributed by atoms with van der Waals surface area (Å²) in [5.74, 6) is -0.101. The molecular weight excluding hydrogens is 226 g/mol. The van der Waals surface area contributed by atoms with Gasteiger partial charge in [0.05, 0.1) is 24.8 Å². The Bertz CT molecular complexity index is 451. The fourth-order valence-corrected chi connectivity index (χ4v) is 1.49. The van der Waals surface area contributed by atoms with E-state index in [0.29, 0.717) is 10.6 Å². The molecule has 0 saturated heterocycles. The van der Waals surface area contributed by atoms with Crippen molar-refractivity contribution in [2.24, 2.45) is 0 Å². The molecule has 0 aliphatic carbocycles. The van der Waals surface area contributed by atoms with Crippen molar-refractivity contribution in [3.8, 4) is 11.8 Å². The number of benzene rings is 1. The van der Waals surface area contributed by atoms with E-state index < -0.39 is 5.97 Å². The second-order valence-corrected chi connectivity index (χ2v) is 3.38. The van der Waals surface area contributed by atoms with Gasteiger partial charge in [-0.3, -0.25) is 0 Å². The molecule has 0 N–H and O–H groups in total. The first kappa shape index (κ1) is 12.4. The molecule has 0 saturated carbocycles. The first-order valence-electron chi connectivity index (χ1n) is 4.62. The zero-order valence-corrected chi connectivity index (χ0v) is 9.88. The van der Waals surface area contributed by atoms with Gasteiger partial charge in [-0.15, -0.1) is 12.6 Å². The molecule has 0 heterocycles. The highest BCUT2D eigenvalue weighted by Gasteiger charge is 2.15. The number of thiol groups is 1. The Kier molecular flexibility index (Phi) is 4.20. The van der Waals surface area contributed by atoms with E-state index in [4.69, 9.17) is 14.7 Å². The van der Waals surface area contributed by atoms with E-state index >= 15 is 0 Å². The van der Waals surface area contributed by atoms with Gasteiger partial charge in [-0.25, -0.2) is 4.79 Å². The second-order valence-electron chi connectivity index (χ2n) is 2.90. The molecule has 84 valence electrons. The normalized spacial score (nSPS) is 9.38. The highest BCUT2D eigenvalue weighted by Crippen LogP contribution is 2.26. The molecule has 1 aromatic carbocycles. The molecule has 5 heteroatoms. The van der Waals surface area contributed by atoms with Crippen molar-refractivity contribution in [1.82, 2.24) is 0 Å². The van der Waals surface area contributed by atoms with Gasteiger partial charge in [0.25, 0.3) is 0 Å². The molecule has 1 aromatic rings. The van der Waals surface area contributed by atoms with Crippen LogP contribution in [0.25, 0.3) is 0 Å². The van der Waals surface area contributed by atoms with E-state index in [9.17, 15) is 4.79 Å². The molecule has 0 spiro atoms. The van der Waals surface area contributed by atoms with Gasteiger partial charge in [0.1, 0.15) is 11.8 Å². The molecule has 0 bridgehead atoms. The average molecular weight is 237 g/mol. The average Bonchev–Trinajstić information content (AvgIpc) is 2.28. The van der Waals surface area contributed by atoms with E-state index in [-0.39, 0.29) is 17.7 Å². The molecule has 0 fully saturated rings. The van der Waals surface area contributed by atoms with E-state index in [2.05, 4.69) is 12.6 Å². The Balaban J connectivity index is 3.26. The van der Waals surface area contributed by atoms with Crippen LogP contribution in [-0.2, 0) is 4.74 Å². The first-order chi connectivity index (χ1) is 7.63. The van der Waals surface area contributed by atoms with E-state index in [1.165, 1.54) is 19.2 Å². The van der Waals surface area contributed by atoms with Gasteiger partial charge < -0.3 is 9.47 Å². The maximum Gasteiger partial charge on any atom is 0.339 e. The number of carbonyl (C=O) groups is 1. The third-order valence-corrected chi connectivity index (χ3v) is 2.28. The molecule has 0 atom stereocenters. The Labute approximate surface area is 99.2 Å². The Morgan fingerprint density at radius 3 is 2.75 bits per heavy atom. The predicted molar refractivity (Wildman–Crippen MR) is 60.9 cm³/mol. The van der Waals surface area contributed by atoms with Gasteiger partial charge in [-0.05, 0) is 19.1 Å². The fourth-order valence-electron chi connectivity index (χ4n) is 1.20. The Morgan fingerprint density at radius 1 is 1.56 bits per heavy atom. The molecule has 0 aromatic heterocycles. The number of carbonyl (C=O) groups excluding carboxylic acids is 1. The van der Waals surface area contributed by atoms with Crippen LogP contribution in [-0.4, -0.2) is 19.7 Å². The maximum absolute atomic E-state index is 11.6. The summed E-state index contributed by atoms with van der Waals surface area (Å²) in [4.78, 5) is 12.1. The van der Waals surface area contributed by atoms with Crippen molar-refractivity contribution in [3.05, 3.63) is 23.3 Å². The van der Waals surface area contributed by atoms with Crippen molar-refractivity contribution < 1.29 is 14.3 Å². The zero-order chi connectivity index (χ0) is 12.1. The van der Waals surface area contributed by atoms with Gasteiger partial charge >= 0.3 is 5.97 Å². The summed E-state index contributed by atoms with van der Waals surface area (Å²) in [5, 5.41) is 8.89. The second kappa shape index (κ2) is 5.42. The lowest BCUT2D eigenvalue weighted by atomic mass is 10.1. The minimum Gasteiger partial charge on any atom is -0.496 e. The summed E-state index contributed by atoms with van der Waals surface area (Å²) >= 11 is 4.14. The van der Waals surface area contributed by atoms with Crippen LogP contribution in [0, 0.1) is 11.3 Å². The van der Waals surface area contributed by atoms with Crippen molar-refractivity contribution in [3.63, 3.8) is 0 Å². The van der Waals surface area contributed by atoms with E-state index in [0.717, 1.165) is 0 Å². The van der Waals surface area contributed by atoms with Crippen LogP contribution in [0.3, 0.4) is 0 Å². The molecule has 16 heavy (non-hydrogen) atoms. The number of hydrogen-bond donors (Lipinski definition) is 1. The van der Waals surface area contributed by atoms with Gasteiger partial charge in [0.15, 0.2) is 0 Å². The van der Waals surface area contributed by atoms with Crippen LogP contribution in [0.15, 0.2) is 17.0 Å². The van der Waals surface area contributed by atoms with Crippen molar-refractivity contribution in [2.45, 2.75) is 11.8 Å². The summed E-state index contributed by atoms with van der Waals surface area (Å²) in [6.07, 6.45) is 0. The van der Waals surface area contributed by atoms with Crippen LogP contribution in [0.2, 0.25) is 0 Å². The number of esters is 1. The third-order valence-electron chi connectivity index (χ3n) is 1.93. The van der Waals surface area contributed by atoms with Gasteiger partial charge in [-0.2, -0.15) is 5.26 Å². The first-order valence-corrected chi connectivity index (χ1v) is 5.07. The van der Waals surface area contributed by atoms with Crippen LogP contribution in [0.1, 0.15) is 22.8 Å². The smallest absolute Gasteiger partial charge is 0.339 e. The lowest BCUT2D eigenvalue weighted by molar-refractivity contribution is 0.0525. The number of nitriles is 1. The number of methoxy groups -OCH3 is 1. The molecule has 0 amide bonds. The number of nitrogens with zero attached hydrogens (tertiary/aromatic N) is 1. The lowest BCUT2D eigenvalue weighted by Crippen LogP contribution is -2.07. The van der Waals surface area contributed by atoms with Crippen LogP contribution >= 0.6 is 12.6 Å². The monoisotopic (exact) mass is 237 g/mol. The summed E-state index contributed by atoms with van der Waals surface area (Å²) < 4.78 is 9.86. The molecule has 0 unspecified atom stereocenters. The summed E-state index contributed by atoms with van der Waals surface area (Å²) in [6, 6.07) is 4.86. The Morgan fingerprint density at radius 2 is 2.25 bits per heavy atom. The van der Waals surface area contributed by atoms with Gasteiger partial charge in [0, 0.05) is 4.90 Å². The van der Waals surface area contributed by atoms with E-state index in [1.54, 1.807) is 6.92 Å². The maximum atomic E-state index is 11.6. The zero-order valence-electron chi connectivity index (χ0n) is 8.98. The van der Waals surface area contributed by atoms with Crippen LogP contribution in [0.4, 0.5) is 0 Å². The van der Waals surface area contributed by atoms with Crippen LogP contribution in [0.5, 0.6) is 5.75 Å². The fraction of sp³-hybridized carbons (Fsp3) is 0.273. The third kappa shape index (κ3) is 2.47. The Hall–Kier alpha value is -1.67. The standard InChI is InChI=1S/C11H11NO3S/c1-3-15-11(13)8-5-9(14-2)10(16)4-7(8)6-12/h4-5,16H,3H2,1-2H3. The SMILES string of the molecule is CCOC(=O)c1cc(OC)c(S)cc1C#N. The minimum atomic E-state index is -0.536. The molecule has 4 nitrogen and oxygen atoms in total. The summed E-state index contributed by atoms with van der Waals surface area (Å²) in [7, 11) is 1.47. The number of rotatable bonds is 3. The van der Waals surface area contributed by atoms with Gasteiger partial charge in [-0.1, -0.05) is 0 Å². The van der Waals surface area contributed by atoms with Crippen molar-refractivity contribution >= 4 is 18.6 Å². The van der Waals surface area contributed by atoms with Gasteiger partial charge in [0.2, 0.25) is 0 Å². The largest absolute Gasteiger partial charge is 0.496 e. The van der Waals surface area contributed by atoms with Crippen molar-refractivity contribution in [2.75, 3.05) is 13.7 Å². The molecular formula is C11H11NO3S. The number of hydrogen-bond acceptors (Lipinski definition) is 5. The van der Waals surface area contributed by atoms with Crippen molar-refractivity contribution in [1.29, 1.82) is 5.26 Å². The molecule has 0 aliphatic rings. The predicted octanol–water partition coefficient (Wildman–Crippen LogP) is 2.03. The molecule has 0 radical (unpaired) electrons. The highest BCUT2D eigenvalue weighted by atomic mass is 32.1. The summed E-state index contributed by atoms with van der Waals surface area (Å²) in [5.41, 5.74) is 0.420. The van der Waals surface area contributed by atoms with Crippen LogP contribution < -0.4 is 4.74 Å². The topological polar surface area (TPSA) is 59.3 Å². The number of ether oxygens (including phenoxy) is 2. The lowest BCUT2D eigenvalue weighted by Gasteiger charge is -2.08. The minimum absolute atomic E-state index is 0.194. The summed E-state index contributed by atoms with van der Waals surface area (Å²) in [6.45, 7) is 1.96. The van der Waals surface area contributed by atoms with E-state index in [1.807, 2.05) is 6.07 Å². The molecule has 1 rings (SSSR count). The molecule has 0 aliphatic heterocycles.